The van der Waals surface area contributed by atoms with Crippen LogP contribution in [0.5, 0.6) is 0 Å². The van der Waals surface area contributed by atoms with E-state index < -0.39 is 5.97 Å². The van der Waals surface area contributed by atoms with Crippen molar-refractivity contribution in [2.75, 3.05) is 0 Å². The number of hydrogen-bond donors (Lipinski definition) is 1. The summed E-state index contributed by atoms with van der Waals surface area (Å²) in [6.45, 7) is 1.69. The van der Waals surface area contributed by atoms with Gasteiger partial charge >= 0.3 is 5.97 Å². The number of rotatable bonds is 3. The van der Waals surface area contributed by atoms with Crippen molar-refractivity contribution < 1.29 is 9.90 Å². The lowest BCUT2D eigenvalue weighted by Crippen LogP contribution is -2.00. The van der Waals surface area contributed by atoms with Crippen molar-refractivity contribution in [3.8, 4) is 0 Å². The molecule has 1 aromatic heterocycles. The second-order valence-electron chi connectivity index (χ2n) is 3.75. The normalized spacial score (nSPS) is 10.6. The van der Waals surface area contributed by atoms with Gasteiger partial charge in [0.05, 0.1) is 5.69 Å². The van der Waals surface area contributed by atoms with Gasteiger partial charge in [-0.15, -0.1) is 0 Å². The summed E-state index contributed by atoms with van der Waals surface area (Å²) in [7, 11) is 1.73. The molecule has 0 aliphatic rings. The van der Waals surface area contributed by atoms with Gasteiger partial charge in [-0.3, -0.25) is 4.68 Å². The number of nitrogens with zero attached hydrogens (tertiary/aromatic N) is 2. The molecule has 0 radical (unpaired) electrons. The number of carbonyl (C=O) groups is 1. The van der Waals surface area contributed by atoms with Gasteiger partial charge in [0, 0.05) is 17.0 Å². The van der Waals surface area contributed by atoms with E-state index in [1.165, 1.54) is 11.8 Å². The molecular formula is C12H11ClN2O2S. The zero-order chi connectivity index (χ0) is 13.3. The van der Waals surface area contributed by atoms with E-state index in [2.05, 4.69) is 5.10 Å². The summed E-state index contributed by atoms with van der Waals surface area (Å²) in [5.41, 5.74) is 0.763. The highest BCUT2D eigenvalue weighted by Gasteiger charge is 2.20. The van der Waals surface area contributed by atoms with Gasteiger partial charge < -0.3 is 5.11 Å². The van der Waals surface area contributed by atoms with Crippen molar-refractivity contribution in [2.24, 2.45) is 7.05 Å². The van der Waals surface area contributed by atoms with Gasteiger partial charge in [-0.2, -0.15) is 5.10 Å². The molecule has 18 heavy (non-hydrogen) atoms. The lowest BCUT2D eigenvalue weighted by Gasteiger charge is -2.03. The number of aromatic carboxylic acids is 1. The zero-order valence-corrected chi connectivity index (χ0v) is 11.4. The molecule has 0 aliphatic carbocycles. The van der Waals surface area contributed by atoms with Gasteiger partial charge in [-0.05, 0) is 31.2 Å². The van der Waals surface area contributed by atoms with Gasteiger partial charge in [0.15, 0.2) is 0 Å². The molecule has 2 aromatic rings. The SMILES string of the molecule is Cc1nn(C)c(Sc2ccc(Cl)cc2)c1C(=O)O. The number of hydrogen-bond acceptors (Lipinski definition) is 3. The number of carboxylic acid groups (broad SMARTS) is 1. The van der Waals surface area contributed by atoms with Crippen LogP contribution in [0.1, 0.15) is 16.1 Å². The van der Waals surface area contributed by atoms with Crippen LogP contribution in [-0.4, -0.2) is 20.9 Å². The highest BCUT2D eigenvalue weighted by molar-refractivity contribution is 7.99. The molecule has 0 saturated carbocycles. The zero-order valence-electron chi connectivity index (χ0n) is 9.85. The number of benzene rings is 1. The summed E-state index contributed by atoms with van der Waals surface area (Å²) in [4.78, 5) is 12.1. The van der Waals surface area contributed by atoms with E-state index in [-0.39, 0.29) is 5.56 Å². The molecule has 0 saturated heterocycles. The first-order valence-corrected chi connectivity index (χ1v) is 6.39. The van der Waals surface area contributed by atoms with Crippen molar-refractivity contribution in [1.29, 1.82) is 0 Å². The lowest BCUT2D eigenvalue weighted by atomic mass is 10.3. The van der Waals surface area contributed by atoms with E-state index in [1.807, 2.05) is 12.1 Å². The Hall–Kier alpha value is -1.46. The number of aromatic nitrogens is 2. The second-order valence-corrected chi connectivity index (χ2v) is 5.25. The quantitative estimate of drug-likeness (QED) is 0.939. The van der Waals surface area contributed by atoms with Gasteiger partial charge in [-0.25, -0.2) is 4.79 Å². The predicted octanol–water partition coefficient (Wildman–Crippen LogP) is 3.23. The third kappa shape index (κ3) is 2.52. The fourth-order valence-electron chi connectivity index (χ4n) is 1.61. The topological polar surface area (TPSA) is 55.1 Å². The summed E-state index contributed by atoms with van der Waals surface area (Å²) in [6.07, 6.45) is 0. The molecule has 0 bridgehead atoms. The van der Waals surface area contributed by atoms with Crippen molar-refractivity contribution in [1.82, 2.24) is 9.78 Å². The van der Waals surface area contributed by atoms with Crippen molar-refractivity contribution in [3.63, 3.8) is 0 Å². The Balaban J connectivity index is 2.39. The lowest BCUT2D eigenvalue weighted by molar-refractivity contribution is 0.0692. The van der Waals surface area contributed by atoms with Gasteiger partial charge in [0.2, 0.25) is 0 Å². The Morgan fingerprint density at radius 1 is 1.39 bits per heavy atom. The molecule has 2 rings (SSSR count). The van der Waals surface area contributed by atoms with E-state index >= 15 is 0 Å². The molecule has 4 nitrogen and oxygen atoms in total. The Morgan fingerprint density at radius 2 is 2.00 bits per heavy atom. The van der Waals surface area contributed by atoms with E-state index in [0.29, 0.717) is 15.7 Å². The van der Waals surface area contributed by atoms with Crippen LogP contribution in [0.2, 0.25) is 5.02 Å². The van der Waals surface area contributed by atoms with Crippen molar-refractivity contribution in [2.45, 2.75) is 16.8 Å². The monoisotopic (exact) mass is 282 g/mol. The molecule has 94 valence electrons. The molecule has 6 heteroatoms. The Bertz CT molecular complexity index is 593. The molecular weight excluding hydrogens is 272 g/mol. The number of carboxylic acids is 1. The maximum absolute atomic E-state index is 11.2. The highest BCUT2D eigenvalue weighted by Crippen LogP contribution is 2.32. The summed E-state index contributed by atoms with van der Waals surface area (Å²) in [6, 6.07) is 7.24. The van der Waals surface area contributed by atoms with Crippen LogP contribution in [0.25, 0.3) is 0 Å². The summed E-state index contributed by atoms with van der Waals surface area (Å²) in [5, 5.41) is 14.6. The smallest absolute Gasteiger partial charge is 0.340 e. The van der Waals surface area contributed by atoms with Gasteiger partial charge in [0.25, 0.3) is 0 Å². The number of halogens is 1. The summed E-state index contributed by atoms with van der Waals surface area (Å²) >= 11 is 7.17. The van der Waals surface area contributed by atoms with Crippen molar-refractivity contribution in [3.05, 3.63) is 40.5 Å². The average molecular weight is 283 g/mol. The Labute approximate surface area is 114 Å². The van der Waals surface area contributed by atoms with Crippen LogP contribution in [0, 0.1) is 6.92 Å². The largest absolute Gasteiger partial charge is 0.478 e. The van der Waals surface area contributed by atoms with Crippen LogP contribution in [0.15, 0.2) is 34.2 Å². The first-order chi connectivity index (χ1) is 8.49. The number of aryl methyl sites for hydroxylation is 2. The van der Waals surface area contributed by atoms with E-state index in [9.17, 15) is 9.90 Å². The molecule has 0 fully saturated rings. The third-order valence-electron chi connectivity index (χ3n) is 2.41. The maximum Gasteiger partial charge on any atom is 0.340 e. The predicted molar refractivity (Wildman–Crippen MR) is 70.5 cm³/mol. The first-order valence-electron chi connectivity index (χ1n) is 5.19. The fourth-order valence-corrected chi connectivity index (χ4v) is 2.75. The Morgan fingerprint density at radius 3 is 2.56 bits per heavy atom. The van der Waals surface area contributed by atoms with Crippen LogP contribution in [0.3, 0.4) is 0 Å². The first kappa shape index (κ1) is 13.0. The minimum Gasteiger partial charge on any atom is -0.478 e. The minimum atomic E-state index is -0.961. The molecule has 1 N–H and O–H groups in total. The van der Waals surface area contributed by atoms with Crippen LogP contribution >= 0.6 is 23.4 Å². The standard InChI is InChI=1S/C12H11ClN2O2S/c1-7-10(12(16)17)11(15(2)14-7)18-9-5-3-8(13)4-6-9/h3-6H,1-2H3,(H,16,17). The van der Waals surface area contributed by atoms with E-state index in [0.717, 1.165) is 4.90 Å². The summed E-state index contributed by atoms with van der Waals surface area (Å²) < 4.78 is 1.58. The molecule has 0 amide bonds. The molecule has 0 aliphatic heterocycles. The summed E-state index contributed by atoms with van der Waals surface area (Å²) in [5.74, 6) is -0.961. The third-order valence-corrected chi connectivity index (χ3v) is 3.83. The van der Waals surface area contributed by atoms with Crippen molar-refractivity contribution >= 4 is 29.3 Å². The molecule has 1 aromatic carbocycles. The minimum absolute atomic E-state index is 0.248. The molecule has 0 atom stereocenters. The highest BCUT2D eigenvalue weighted by atomic mass is 35.5. The molecule has 0 spiro atoms. The van der Waals surface area contributed by atoms with Gasteiger partial charge in [0.1, 0.15) is 10.6 Å². The van der Waals surface area contributed by atoms with Crippen LogP contribution < -0.4 is 0 Å². The van der Waals surface area contributed by atoms with E-state index in [4.69, 9.17) is 11.6 Å². The van der Waals surface area contributed by atoms with Crippen LogP contribution in [0.4, 0.5) is 0 Å². The maximum atomic E-state index is 11.2. The van der Waals surface area contributed by atoms with Gasteiger partial charge in [-0.1, -0.05) is 23.4 Å². The Kier molecular flexibility index (Phi) is 3.63. The van der Waals surface area contributed by atoms with E-state index in [1.54, 1.807) is 30.8 Å². The fraction of sp³-hybridized carbons (Fsp3) is 0.167. The second kappa shape index (κ2) is 5.04. The average Bonchev–Trinajstić information content (AvgIpc) is 2.57. The molecule has 0 unspecified atom stereocenters. The van der Waals surface area contributed by atoms with Crippen LogP contribution in [-0.2, 0) is 7.05 Å². The molecule has 1 heterocycles.